The second kappa shape index (κ2) is 6.68. The van der Waals surface area contributed by atoms with Gasteiger partial charge < -0.3 is 14.8 Å². The zero-order valence-electron chi connectivity index (χ0n) is 15.2. The normalized spacial score (nSPS) is 19.1. The highest BCUT2D eigenvalue weighted by Crippen LogP contribution is 2.42. The topological polar surface area (TPSA) is 96.8 Å². The summed E-state index contributed by atoms with van der Waals surface area (Å²) in [6.07, 6.45) is 5.10. The van der Waals surface area contributed by atoms with Gasteiger partial charge >= 0.3 is 6.01 Å². The second-order valence-electron chi connectivity index (χ2n) is 7.02. The van der Waals surface area contributed by atoms with Gasteiger partial charge in [0.05, 0.1) is 33.2 Å². The molecule has 1 aromatic carbocycles. The zero-order chi connectivity index (χ0) is 19.3. The number of aromatic amines is 1. The minimum Gasteiger partial charge on any atom is -0.424 e. The van der Waals surface area contributed by atoms with E-state index in [2.05, 4.69) is 24.9 Å². The van der Waals surface area contributed by atoms with Crippen LogP contribution in [0.3, 0.4) is 0 Å². The molecular weight excluding hydrogens is 378 g/mol. The number of nitrogens with one attached hydrogen (secondary N) is 1. The lowest BCUT2D eigenvalue weighted by atomic mass is 9.79. The maximum Gasteiger partial charge on any atom is 0.324 e. The van der Waals surface area contributed by atoms with Gasteiger partial charge in [0.2, 0.25) is 0 Å². The van der Waals surface area contributed by atoms with E-state index in [1.54, 1.807) is 12.4 Å². The van der Waals surface area contributed by atoms with Crippen LogP contribution in [0.4, 0.5) is 0 Å². The third-order valence-corrected chi connectivity index (χ3v) is 5.59. The Morgan fingerprint density at radius 3 is 2.71 bits per heavy atom. The van der Waals surface area contributed by atoms with Crippen molar-refractivity contribution in [1.82, 2.24) is 24.9 Å². The first kappa shape index (κ1) is 17.3. The Kier molecular flexibility index (Phi) is 4.14. The number of halogens is 1. The molecule has 0 spiro atoms. The lowest BCUT2D eigenvalue weighted by Gasteiger charge is -2.31. The van der Waals surface area contributed by atoms with E-state index in [-0.39, 0.29) is 18.0 Å². The van der Waals surface area contributed by atoms with Crippen molar-refractivity contribution in [2.24, 2.45) is 0 Å². The van der Waals surface area contributed by atoms with E-state index >= 15 is 0 Å². The van der Waals surface area contributed by atoms with Crippen LogP contribution in [0.5, 0.6) is 11.8 Å². The zero-order valence-corrected chi connectivity index (χ0v) is 15.9. The maximum absolute atomic E-state index is 9.75. The average Bonchev–Trinajstić information content (AvgIpc) is 3.00. The Morgan fingerprint density at radius 2 is 1.96 bits per heavy atom. The minimum absolute atomic E-state index is 0.142. The van der Waals surface area contributed by atoms with Crippen molar-refractivity contribution in [3.05, 3.63) is 47.0 Å². The monoisotopic (exact) mass is 395 g/mol. The number of rotatable bonds is 4. The Balaban J connectivity index is 1.58. The van der Waals surface area contributed by atoms with Crippen molar-refractivity contribution in [1.29, 1.82) is 0 Å². The van der Waals surface area contributed by atoms with E-state index in [0.29, 0.717) is 29.3 Å². The highest BCUT2D eigenvalue weighted by molar-refractivity contribution is 6.36. The summed E-state index contributed by atoms with van der Waals surface area (Å²) in [5, 5.41) is 11.2. The van der Waals surface area contributed by atoms with Crippen LogP contribution in [0.2, 0.25) is 5.02 Å². The smallest absolute Gasteiger partial charge is 0.324 e. The molecule has 0 atom stereocenters. The molecule has 1 saturated carbocycles. The van der Waals surface area contributed by atoms with Crippen molar-refractivity contribution in [2.45, 2.75) is 38.2 Å². The number of aliphatic hydroxyl groups is 1. The van der Waals surface area contributed by atoms with E-state index in [9.17, 15) is 5.11 Å². The molecule has 8 heteroatoms. The van der Waals surface area contributed by atoms with Crippen molar-refractivity contribution < 1.29 is 9.84 Å². The van der Waals surface area contributed by atoms with Crippen molar-refractivity contribution >= 4 is 33.7 Å². The van der Waals surface area contributed by atoms with Crippen molar-refractivity contribution in [2.75, 3.05) is 0 Å². The standard InChI is InChI=1S/C20H18ClN5O2/c1-2-13-17(21)16-18(10-7-11(27)8-10)25-20(26-19(16)24-13)28-12-3-4-14-15(9-12)23-6-5-22-14/h3-6,9-11,27H,2,7-8H2,1H3,(H,24,25,26). The Hall–Kier alpha value is -2.77. The lowest BCUT2D eigenvalue weighted by molar-refractivity contribution is 0.0735. The first-order valence-electron chi connectivity index (χ1n) is 9.27. The first-order valence-corrected chi connectivity index (χ1v) is 9.65. The molecule has 1 aliphatic carbocycles. The number of fused-ring (bicyclic) bond motifs is 2. The molecule has 7 nitrogen and oxygen atoms in total. The largest absolute Gasteiger partial charge is 0.424 e. The highest BCUT2D eigenvalue weighted by Gasteiger charge is 2.33. The summed E-state index contributed by atoms with van der Waals surface area (Å²) in [6, 6.07) is 5.71. The number of aryl methyl sites for hydroxylation is 1. The van der Waals surface area contributed by atoms with Gasteiger partial charge in [0.25, 0.3) is 0 Å². The van der Waals surface area contributed by atoms with E-state index in [4.69, 9.17) is 16.3 Å². The van der Waals surface area contributed by atoms with Gasteiger partial charge in [0.1, 0.15) is 11.4 Å². The number of hydrogen-bond donors (Lipinski definition) is 2. The van der Waals surface area contributed by atoms with Crippen molar-refractivity contribution in [3.8, 4) is 11.8 Å². The lowest BCUT2D eigenvalue weighted by Crippen LogP contribution is -2.27. The number of nitrogens with zero attached hydrogens (tertiary/aromatic N) is 4. The molecule has 0 amide bonds. The van der Waals surface area contributed by atoms with Crippen LogP contribution < -0.4 is 4.74 Å². The van der Waals surface area contributed by atoms with Gasteiger partial charge in [-0.1, -0.05) is 18.5 Å². The van der Waals surface area contributed by atoms with Crippen LogP contribution >= 0.6 is 11.6 Å². The minimum atomic E-state index is -0.290. The molecule has 28 heavy (non-hydrogen) atoms. The molecule has 0 radical (unpaired) electrons. The first-order chi connectivity index (χ1) is 13.6. The molecule has 0 saturated heterocycles. The van der Waals surface area contributed by atoms with Crippen LogP contribution in [0, 0.1) is 0 Å². The Labute approximate surface area is 165 Å². The SMILES string of the molecule is CCc1[nH]c2nc(Oc3ccc4nccnc4c3)nc(C3CC(O)C3)c2c1Cl. The molecule has 3 heterocycles. The van der Waals surface area contributed by atoms with E-state index < -0.39 is 0 Å². The molecule has 3 aromatic heterocycles. The summed E-state index contributed by atoms with van der Waals surface area (Å²) in [7, 11) is 0. The number of hydrogen-bond acceptors (Lipinski definition) is 6. The third-order valence-electron chi connectivity index (χ3n) is 5.17. The van der Waals surface area contributed by atoms with E-state index in [0.717, 1.165) is 34.2 Å². The fourth-order valence-electron chi connectivity index (χ4n) is 3.62. The predicted octanol–water partition coefficient (Wildman–Crippen LogP) is 4.15. The van der Waals surface area contributed by atoms with Crippen LogP contribution in [0.25, 0.3) is 22.1 Å². The van der Waals surface area contributed by atoms with Crippen LogP contribution in [0.15, 0.2) is 30.6 Å². The molecule has 2 N–H and O–H groups in total. The van der Waals surface area contributed by atoms with Gasteiger partial charge in [-0.25, -0.2) is 0 Å². The highest BCUT2D eigenvalue weighted by atomic mass is 35.5. The number of aliphatic hydroxyl groups excluding tert-OH is 1. The molecular formula is C20H18ClN5O2. The fraction of sp³-hybridized carbons (Fsp3) is 0.300. The third kappa shape index (κ3) is 2.87. The molecule has 5 rings (SSSR count). The molecule has 0 aliphatic heterocycles. The Bertz CT molecular complexity index is 1190. The molecule has 0 unspecified atom stereocenters. The van der Waals surface area contributed by atoms with Crippen LogP contribution in [-0.2, 0) is 6.42 Å². The molecule has 0 bridgehead atoms. The van der Waals surface area contributed by atoms with Gasteiger partial charge in [-0.3, -0.25) is 9.97 Å². The van der Waals surface area contributed by atoms with Crippen LogP contribution in [-0.4, -0.2) is 36.1 Å². The van der Waals surface area contributed by atoms with E-state index in [1.807, 2.05) is 25.1 Å². The second-order valence-corrected chi connectivity index (χ2v) is 7.40. The van der Waals surface area contributed by atoms with E-state index in [1.165, 1.54) is 0 Å². The summed E-state index contributed by atoms with van der Waals surface area (Å²) in [6.45, 7) is 2.03. The van der Waals surface area contributed by atoms with Gasteiger partial charge in [-0.2, -0.15) is 9.97 Å². The van der Waals surface area contributed by atoms with Gasteiger partial charge in [0, 0.05) is 30.1 Å². The summed E-state index contributed by atoms with van der Waals surface area (Å²) in [5.74, 6) is 0.726. The van der Waals surface area contributed by atoms with Crippen molar-refractivity contribution in [3.63, 3.8) is 0 Å². The number of H-pyrrole nitrogens is 1. The molecule has 142 valence electrons. The van der Waals surface area contributed by atoms with Crippen LogP contribution in [0.1, 0.15) is 37.1 Å². The molecule has 1 aliphatic rings. The fourth-order valence-corrected chi connectivity index (χ4v) is 3.99. The summed E-state index contributed by atoms with van der Waals surface area (Å²) in [5.41, 5.74) is 3.93. The summed E-state index contributed by atoms with van der Waals surface area (Å²) >= 11 is 6.57. The maximum atomic E-state index is 9.75. The summed E-state index contributed by atoms with van der Waals surface area (Å²) in [4.78, 5) is 21.0. The van der Waals surface area contributed by atoms with Gasteiger partial charge in [0.15, 0.2) is 0 Å². The quantitative estimate of drug-likeness (QED) is 0.538. The predicted molar refractivity (Wildman–Crippen MR) is 106 cm³/mol. The number of benzene rings is 1. The summed E-state index contributed by atoms with van der Waals surface area (Å²) < 4.78 is 5.95. The van der Waals surface area contributed by atoms with Gasteiger partial charge in [-0.15, -0.1) is 0 Å². The number of ether oxygens (including phenoxy) is 1. The molecule has 1 fully saturated rings. The average molecular weight is 396 g/mol. The number of aromatic nitrogens is 5. The molecule has 4 aromatic rings. The Morgan fingerprint density at radius 1 is 1.18 bits per heavy atom. The van der Waals surface area contributed by atoms with Gasteiger partial charge in [-0.05, 0) is 31.4 Å².